The number of hydrogen-bond acceptors (Lipinski definition) is 16. The molecule has 0 aliphatic carbocycles. The highest BCUT2D eigenvalue weighted by molar-refractivity contribution is 5.99. The Labute approximate surface area is 566 Å². The van der Waals surface area contributed by atoms with Crippen molar-refractivity contribution in [3.63, 3.8) is 0 Å². The molecule has 10 amide bonds. The van der Waals surface area contributed by atoms with Crippen LogP contribution in [-0.4, -0.2) is 254 Å². The second kappa shape index (κ2) is 38.3. The molecule has 13 atom stereocenters. The van der Waals surface area contributed by atoms with Gasteiger partial charge in [0.25, 0.3) is 5.91 Å². The van der Waals surface area contributed by atoms with E-state index in [9.17, 15) is 48.6 Å². The van der Waals surface area contributed by atoms with Crippen LogP contribution in [0.1, 0.15) is 162 Å². The number of aromatic nitrogens is 2. The van der Waals surface area contributed by atoms with Crippen LogP contribution in [0.15, 0.2) is 12.3 Å². The molecule has 2 heterocycles. The molecule has 1 aromatic rings. The Bertz CT molecular complexity index is 2730. The van der Waals surface area contributed by atoms with E-state index in [2.05, 4.69) is 26.4 Å². The molecule has 27 nitrogen and oxygen atoms in total. The van der Waals surface area contributed by atoms with Crippen molar-refractivity contribution in [2.45, 2.75) is 235 Å². The summed E-state index contributed by atoms with van der Waals surface area (Å²) in [6.07, 6.45) is -2.27. The van der Waals surface area contributed by atoms with Gasteiger partial charge in [0.05, 0.1) is 24.4 Å². The number of aryl methyl sites for hydroxylation is 1. The average Bonchev–Trinajstić information content (AvgIpc) is 0.937. The zero-order chi connectivity index (χ0) is 73.1. The molecule has 1 saturated heterocycles. The largest absolute Gasteiger partial charge is 0.450 e. The number of amides is 10. The fourth-order valence-corrected chi connectivity index (χ4v) is 11.8. The zero-order valence-corrected chi connectivity index (χ0v) is 61.9. The number of aliphatic hydroxyl groups is 2. The summed E-state index contributed by atoms with van der Waals surface area (Å²) >= 11 is 0. The van der Waals surface area contributed by atoms with E-state index in [-0.39, 0.29) is 61.7 Å². The van der Waals surface area contributed by atoms with E-state index < -0.39 is 162 Å². The maximum absolute atomic E-state index is 15.4. The van der Waals surface area contributed by atoms with Crippen LogP contribution in [0.3, 0.4) is 0 Å². The highest BCUT2D eigenvalue weighted by Gasteiger charge is 2.46. The SMILES string of the molecule is CC(C)C[C@@H]1C(=O)N[C@H](CC(C)C)C(=O)N(C)[C@H](C(C)C)C(=O)N(C)[C@H]([C@H](O)[C@H](C)CCN(C)Cc2ccnn2C)C(=O)N[C@H]([C@@H](C)O)C(=O)N(C)CC(=O)N(C)[C@@H](CC(C)C)C(=O)N[C@H](CC(C)C)C(=O)N(C)[C@H](CC(C)C)C(=O)N[C@H](C)C(=O)O[C@@H](C(C)C)C(=O)N1C. The molecule has 0 bridgehead atoms. The number of ether oxygens (including phenoxy) is 1. The van der Waals surface area contributed by atoms with Gasteiger partial charge in [-0.15, -0.1) is 0 Å². The Balaban J connectivity index is 3.04. The molecule has 1 aliphatic rings. The van der Waals surface area contributed by atoms with Crippen molar-refractivity contribution >= 4 is 65.0 Å². The first-order valence-electron chi connectivity index (χ1n) is 33.9. The summed E-state index contributed by atoms with van der Waals surface area (Å²) in [5.41, 5.74) is 0.915. The fraction of sp³-hybridized carbons (Fsp3) is 0.794. The summed E-state index contributed by atoms with van der Waals surface area (Å²) in [6.45, 7) is 29.7. The molecule has 0 aromatic carbocycles. The van der Waals surface area contributed by atoms with Gasteiger partial charge in [-0.25, -0.2) is 4.79 Å². The zero-order valence-electron chi connectivity index (χ0n) is 61.9. The number of carbonyl (C=O) groups is 11. The number of aliphatic hydroxyl groups excluding tert-OH is 2. The molecular formula is C68H121N13O14. The normalized spacial score (nSPS) is 25.6. The van der Waals surface area contributed by atoms with Crippen molar-refractivity contribution in [2.75, 3.05) is 62.4 Å². The van der Waals surface area contributed by atoms with Crippen molar-refractivity contribution in [1.29, 1.82) is 0 Å². The lowest BCUT2D eigenvalue weighted by Crippen LogP contribution is -2.64. The van der Waals surface area contributed by atoms with E-state index in [1.54, 1.807) is 45.5 Å². The molecule has 0 spiro atoms. The third-order valence-electron chi connectivity index (χ3n) is 17.6. The lowest BCUT2D eigenvalue weighted by molar-refractivity contribution is -0.166. The third kappa shape index (κ3) is 24.7. The second-order valence-electron chi connectivity index (χ2n) is 29.4. The summed E-state index contributed by atoms with van der Waals surface area (Å²) in [6, 6.07) is -10.5. The standard InChI is InChI=1S/C68H121N13O14/c1-37(2)30-48-63(89)77(21)51(33-40(7)8)59(85)70-45(16)68(94)95-58(43(13)14)67(93)78(22)52(34-41(9)10)61(87)72-49(31-38(3)4)64(90)79(23)55(42(11)12)66(92)80(24)56(57(84)44(15)27-29-74(18)35-47-26-28-69-81(47)25)62(88)73-54(46(17)82)65(91)75(19)36-53(83)76(20)50(32-39(5)6)60(86)71-48/h26,28,37-46,48-52,54-58,82,84H,27,29-36H2,1-25H3,(H,70,85)(H,71,86)(H,72,87)(H,73,88)/t44-,45-,46-,48-,49-,50+,51-,52-,54-,55-,56-,57-,58+/m1/s1. The average molecular weight is 1340 g/mol. The van der Waals surface area contributed by atoms with Gasteiger partial charge >= 0.3 is 5.97 Å². The van der Waals surface area contributed by atoms with Crippen LogP contribution in [0.5, 0.6) is 0 Å². The first-order valence-corrected chi connectivity index (χ1v) is 33.9. The van der Waals surface area contributed by atoms with E-state index in [4.69, 9.17) is 4.74 Å². The van der Waals surface area contributed by atoms with Gasteiger partial charge in [0.1, 0.15) is 54.4 Å². The molecule has 27 heteroatoms. The molecule has 542 valence electrons. The number of likely N-dealkylation sites (N-methyl/N-ethyl adjacent to an activating group) is 6. The van der Waals surface area contributed by atoms with Crippen LogP contribution < -0.4 is 21.3 Å². The molecule has 2 rings (SSSR count). The highest BCUT2D eigenvalue weighted by atomic mass is 16.6. The van der Waals surface area contributed by atoms with Gasteiger partial charge in [0, 0.05) is 62.1 Å². The van der Waals surface area contributed by atoms with E-state index in [0.717, 1.165) is 20.4 Å². The smallest absolute Gasteiger partial charge is 0.329 e. The molecule has 1 fully saturated rings. The highest BCUT2D eigenvalue weighted by Crippen LogP contribution is 2.25. The van der Waals surface area contributed by atoms with E-state index in [1.807, 2.05) is 94.3 Å². The summed E-state index contributed by atoms with van der Waals surface area (Å²) in [5.74, 6) is -11.7. The fourth-order valence-electron chi connectivity index (χ4n) is 11.8. The summed E-state index contributed by atoms with van der Waals surface area (Å²) in [4.78, 5) is 171. The Morgan fingerprint density at radius 2 is 0.958 bits per heavy atom. The minimum atomic E-state index is -1.78. The van der Waals surface area contributed by atoms with Gasteiger partial charge in [-0.3, -0.25) is 52.6 Å². The Kier molecular flexibility index (Phi) is 34.0. The van der Waals surface area contributed by atoms with Gasteiger partial charge in [-0.1, -0.05) is 104 Å². The molecular weight excluding hydrogens is 1220 g/mol. The predicted octanol–water partition coefficient (Wildman–Crippen LogP) is 2.64. The van der Waals surface area contributed by atoms with Gasteiger partial charge in [0.15, 0.2) is 6.10 Å². The number of cyclic esters (lactones) is 1. The number of rotatable bonds is 20. The monoisotopic (exact) mass is 1340 g/mol. The first kappa shape index (κ1) is 84.3. The molecule has 0 saturated carbocycles. The maximum atomic E-state index is 15.4. The van der Waals surface area contributed by atoms with Crippen molar-refractivity contribution in [3.8, 4) is 0 Å². The van der Waals surface area contributed by atoms with Crippen molar-refractivity contribution in [1.82, 2.24) is 65.3 Å². The van der Waals surface area contributed by atoms with Gasteiger partial charge in [0.2, 0.25) is 53.2 Å². The van der Waals surface area contributed by atoms with E-state index in [1.165, 1.54) is 70.8 Å². The Morgan fingerprint density at radius 3 is 1.38 bits per heavy atom. The van der Waals surface area contributed by atoms with Crippen LogP contribution in [-0.2, 0) is 71.1 Å². The number of hydrogen-bond donors (Lipinski definition) is 6. The van der Waals surface area contributed by atoms with Crippen LogP contribution in [0.25, 0.3) is 0 Å². The van der Waals surface area contributed by atoms with Crippen molar-refractivity contribution < 1.29 is 67.7 Å². The first-order chi connectivity index (χ1) is 43.9. The quantitative estimate of drug-likeness (QED) is 0.102. The number of nitrogens with zero attached hydrogens (tertiary/aromatic N) is 9. The molecule has 0 radical (unpaired) electrons. The number of carbonyl (C=O) groups excluding carboxylic acids is 11. The number of nitrogens with one attached hydrogen (secondary N) is 4. The molecule has 95 heavy (non-hydrogen) atoms. The molecule has 6 N–H and O–H groups in total. The van der Waals surface area contributed by atoms with Crippen LogP contribution in [0.2, 0.25) is 0 Å². The lowest BCUT2D eigenvalue weighted by atomic mass is 9.91. The van der Waals surface area contributed by atoms with Crippen LogP contribution in [0, 0.1) is 47.3 Å². The summed E-state index contributed by atoms with van der Waals surface area (Å²) in [7, 11) is 11.8. The molecule has 0 unspecified atom stereocenters. The van der Waals surface area contributed by atoms with Crippen LogP contribution >= 0.6 is 0 Å². The number of esters is 1. The second-order valence-corrected chi connectivity index (χ2v) is 29.4. The van der Waals surface area contributed by atoms with Gasteiger partial charge in [-0.2, -0.15) is 5.10 Å². The Morgan fingerprint density at radius 1 is 0.526 bits per heavy atom. The van der Waals surface area contributed by atoms with Crippen molar-refractivity contribution in [2.24, 2.45) is 54.4 Å². The van der Waals surface area contributed by atoms with Crippen molar-refractivity contribution in [3.05, 3.63) is 18.0 Å². The minimum Gasteiger partial charge on any atom is -0.450 e. The van der Waals surface area contributed by atoms with Crippen LogP contribution in [0.4, 0.5) is 0 Å². The predicted molar refractivity (Wildman–Crippen MR) is 362 cm³/mol. The topological polar surface area (TPSA) is 326 Å². The van der Waals surface area contributed by atoms with E-state index in [0.29, 0.717) is 19.5 Å². The summed E-state index contributed by atoms with van der Waals surface area (Å²) < 4.78 is 7.65. The van der Waals surface area contributed by atoms with E-state index >= 15 is 14.4 Å². The summed E-state index contributed by atoms with van der Waals surface area (Å²) in [5, 5.41) is 39.1. The minimum absolute atomic E-state index is 0.0705. The third-order valence-corrected chi connectivity index (χ3v) is 17.6. The molecule has 1 aromatic heterocycles. The molecule has 1 aliphatic heterocycles. The maximum Gasteiger partial charge on any atom is 0.329 e. The van der Waals surface area contributed by atoms with Gasteiger partial charge < -0.3 is 70.5 Å². The Hall–Kier alpha value is -6.74. The van der Waals surface area contributed by atoms with Gasteiger partial charge in [-0.05, 0) is 119 Å². The lowest BCUT2D eigenvalue weighted by Gasteiger charge is -2.40.